The molecular weight excluding hydrogens is 282 g/mol. The quantitative estimate of drug-likeness (QED) is 0.739. The van der Waals surface area contributed by atoms with Crippen molar-refractivity contribution in [2.24, 2.45) is 0 Å². The molecule has 0 bridgehead atoms. The summed E-state index contributed by atoms with van der Waals surface area (Å²) < 4.78 is 5.92. The molecule has 21 heavy (non-hydrogen) atoms. The second-order valence-electron chi connectivity index (χ2n) is 5.87. The molecule has 0 saturated carbocycles. The zero-order valence-electron chi connectivity index (χ0n) is 12.5. The third kappa shape index (κ3) is 2.30. The van der Waals surface area contributed by atoms with Gasteiger partial charge in [-0.05, 0) is 48.0 Å². The van der Waals surface area contributed by atoms with Gasteiger partial charge in [-0.1, -0.05) is 32.0 Å². The highest BCUT2D eigenvalue weighted by Crippen LogP contribution is 2.47. The van der Waals surface area contributed by atoms with Gasteiger partial charge in [0.2, 0.25) is 0 Å². The van der Waals surface area contributed by atoms with Crippen molar-refractivity contribution in [3.8, 4) is 11.5 Å². The minimum absolute atomic E-state index is 0.0799. The third-order valence-corrected chi connectivity index (χ3v) is 4.43. The molecule has 0 saturated heterocycles. The predicted octanol–water partition coefficient (Wildman–Crippen LogP) is 5.37. The van der Waals surface area contributed by atoms with Gasteiger partial charge in [0.15, 0.2) is 0 Å². The normalized spacial score (nSPS) is 16.0. The number of rotatable bonds is 2. The molecule has 0 atom stereocenters. The minimum atomic E-state index is -0.0799. The number of hydrogen-bond acceptors (Lipinski definition) is 2. The van der Waals surface area contributed by atoms with E-state index in [4.69, 9.17) is 16.3 Å². The summed E-state index contributed by atoms with van der Waals surface area (Å²) in [5, 5.41) is 0.704. The molecule has 0 aliphatic carbocycles. The number of fused-ring (bicyclic) bond motifs is 1. The molecule has 2 nitrogen and oxygen atoms in total. The molecule has 0 amide bonds. The summed E-state index contributed by atoms with van der Waals surface area (Å²) in [5.41, 5.74) is 3.44. The van der Waals surface area contributed by atoms with Crippen molar-refractivity contribution in [1.29, 1.82) is 0 Å². The highest BCUT2D eigenvalue weighted by Gasteiger charge is 2.37. The SMILES string of the molecule is C=C1N(C)c2ccc(Oc3ccc(Cl)cc3)cc2C1(C)C. The van der Waals surface area contributed by atoms with Crippen LogP contribution in [0.25, 0.3) is 0 Å². The van der Waals surface area contributed by atoms with Gasteiger partial charge >= 0.3 is 0 Å². The zero-order chi connectivity index (χ0) is 15.2. The number of hydrogen-bond donors (Lipinski definition) is 0. The van der Waals surface area contributed by atoms with Crippen molar-refractivity contribution in [3.63, 3.8) is 0 Å². The smallest absolute Gasteiger partial charge is 0.127 e. The number of likely N-dealkylation sites (N-methyl/N-ethyl adjacent to an activating group) is 1. The van der Waals surface area contributed by atoms with Crippen LogP contribution in [-0.4, -0.2) is 7.05 Å². The largest absolute Gasteiger partial charge is 0.457 e. The highest BCUT2D eigenvalue weighted by atomic mass is 35.5. The highest BCUT2D eigenvalue weighted by molar-refractivity contribution is 6.30. The summed E-state index contributed by atoms with van der Waals surface area (Å²) in [5.74, 6) is 1.61. The first-order valence-electron chi connectivity index (χ1n) is 6.90. The first-order chi connectivity index (χ1) is 9.89. The van der Waals surface area contributed by atoms with Gasteiger partial charge in [0.05, 0.1) is 0 Å². The van der Waals surface area contributed by atoms with Crippen molar-refractivity contribution in [2.75, 3.05) is 11.9 Å². The van der Waals surface area contributed by atoms with Crippen molar-refractivity contribution < 1.29 is 4.74 Å². The average Bonchev–Trinajstić information content (AvgIpc) is 2.63. The first kappa shape index (κ1) is 14.0. The Morgan fingerprint density at radius 2 is 1.67 bits per heavy atom. The van der Waals surface area contributed by atoms with Gasteiger partial charge in [-0.25, -0.2) is 0 Å². The molecule has 1 aliphatic heterocycles. The van der Waals surface area contributed by atoms with Crippen LogP contribution in [0.3, 0.4) is 0 Å². The summed E-state index contributed by atoms with van der Waals surface area (Å²) in [6, 6.07) is 13.5. The van der Waals surface area contributed by atoms with E-state index < -0.39 is 0 Å². The Kier molecular flexibility index (Phi) is 3.22. The number of ether oxygens (including phenoxy) is 1. The van der Waals surface area contributed by atoms with Crippen LogP contribution in [-0.2, 0) is 5.41 Å². The molecule has 0 unspecified atom stereocenters. The number of halogens is 1. The molecule has 0 spiro atoms. The lowest BCUT2D eigenvalue weighted by molar-refractivity contribution is 0.480. The fraction of sp³-hybridized carbons (Fsp3) is 0.222. The Morgan fingerprint density at radius 1 is 1.05 bits per heavy atom. The van der Waals surface area contributed by atoms with Crippen LogP contribution in [0, 0.1) is 0 Å². The molecule has 2 aromatic carbocycles. The van der Waals surface area contributed by atoms with Crippen LogP contribution in [0.2, 0.25) is 5.02 Å². The van der Waals surface area contributed by atoms with E-state index in [1.807, 2.05) is 30.3 Å². The zero-order valence-corrected chi connectivity index (χ0v) is 13.2. The molecule has 2 aromatic rings. The van der Waals surface area contributed by atoms with E-state index in [1.165, 1.54) is 11.3 Å². The number of benzene rings is 2. The summed E-state index contributed by atoms with van der Waals surface area (Å²) >= 11 is 5.89. The van der Waals surface area contributed by atoms with Crippen molar-refractivity contribution >= 4 is 17.3 Å². The van der Waals surface area contributed by atoms with Gasteiger partial charge < -0.3 is 9.64 Å². The number of nitrogens with zero attached hydrogens (tertiary/aromatic N) is 1. The van der Waals surface area contributed by atoms with E-state index >= 15 is 0 Å². The number of allylic oxidation sites excluding steroid dienone is 1. The van der Waals surface area contributed by atoms with Gasteiger partial charge in [-0.2, -0.15) is 0 Å². The summed E-state index contributed by atoms with van der Waals surface area (Å²) in [4.78, 5) is 2.14. The molecule has 0 N–H and O–H groups in total. The van der Waals surface area contributed by atoms with E-state index in [9.17, 15) is 0 Å². The topological polar surface area (TPSA) is 12.5 Å². The molecular formula is C18H18ClNO. The Bertz CT molecular complexity index is 704. The van der Waals surface area contributed by atoms with Crippen molar-refractivity contribution in [3.05, 3.63) is 65.3 Å². The molecule has 1 heterocycles. The maximum atomic E-state index is 5.92. The maximum absolute atomic E-state index is 5.92. The lowest BCUT2D eigenvalue weighted by Gasteiger charge is -2.22. The molecule has 3 heteroatoms. The summed E-state index contributed by atoms with van der Waals surface area (Å²) in [6.45, 7) is 8.57. The predicted molar refractivity (Wildman–Crippen MR) is 88.5 cm³/mol. The molecule has 0 radical (unpaired) electrons. The minimum Gasteiger partial charge on any atom is -0.457 e. The van der Waals surface area contributed by atoms with E-state index in [1.54, 1.807) is 0 Å². The van der Waals surface area contributed by atoms with Gasteiger partial charge in [0, 0.05) is 28.9 Å². The van der Waals surface area contributed by atoms with E-state index in [-0.39, 0.29) is 5.41 Å². The van der Waals surface area contributed by atoms with Crippen LogP contribution < -0.4 is 9.64 Å². The van der Waals surface area contributed by atoms with Crippen molar-refractivity contribution in [1.82, 2.24) is 0 Å². The Balaban J connectivity index is 1.96. The Labute approximate surface area is 130 Å². The third-order valence-electron chi connectivity index (χ3n) is 4.18. The van der Waals surface area contributed by atoms with Crippen molar-refractivity contribution in [2.45, 2.75) is 19.3 Å². The fourth-order valence-electron chi connectivity index (χ4n) is 2.73. The van der Waals surface area contributed by atoms with Gasteiger partial charge in [0.25, 0.3) is 0 Å². The monoisotopic (exact) mass is 299 g/mol. The van der Waals surface area contributed by atoms with Crippen LogP contribution in [0.15, 0.2) is 54.7 Å². The second-order valence-corrected chi connectivity index (χ2v) is 6.30. The fourth-order valence-corrected chi connectivity index (χ4v) is 2.86. The lowest BCUT2D eigenvalue weighted by atomic mass is 9.84. The van der Waals surface area contributed by atoms with Crippen LogP contribution >= 0.6 is 11.6 Å². The second kappa shape index (κ2) is 4.81. The van der Waals surface area contributed by atoms with Crippen LogP contribution in [0.1, 0.15) is 19.4 Å². The van der Waals surface area contributed by atoms with E-state index in [2.05, 4.69) is 44.5 Å². The summed E-state index contributed by atoms with van der Waals surface area (Å²) in [6.07, 6.45) is 0. The van der Waals surface area contributed by atoms with Gasteiger partial charge in [-0.15, -0.1) is 0 Å². The number of anilines is 1. The van der Waals surface area contributed by atoms with Gasteiger partial charge in [0.1, 0.15) is 11.5 Å². The Hall–Kier alpha value is -1.93. The first-order valence-corrected chi connectivity index (χ1v) is 7.28. The van der Waals surface area contributed by atoms with Crippen LogP contribution in [0.5, 0.6) is 11.5 Å². The standard InChI is InChI=1S/C18H18ClNO/c1-12-18(2,3)16-11-15(9-10-17(16)20(12)4)21-14-7-5-13(19)6-8-14/h5-11H,1H2,2-4H3. The van der Waals surface area contributed by atoms with E-state index in [0.717, 1.165) is 17.2 Å². The summed E-state index contributed by atoms with van der Waals surface area (Å²) in [7, 11) is 2.05. The van der Waals surface area contributed by atoms with E-state index in [0.29, 0.717) is 5.02 Å². The van der Waals surface area contributed by atoms with Crippen LogP contribution in [0.4, 0.5) is 5.69 Å². The molecule has 1 aliphatic rings. The lowest BCUT2D eigenvalue weighted by Crippen LogP contribution is -2.21. The average molecular weight is 300 g/mol. The molecule has 108 valence electrons. The van der Waals surface area contributed by atoms with Gasteiger partial charge in [-0.3, -0.25) is 0 Å². The maximum Gasteiger partial charge on any atom is 0.127 e. The Morgan fingerprint density at radius 3 is 2.33 bits per heavy atom. The molecule has 0 aromatic heterocycles. The molecule has 3 rings (SSSR count). The molecule has 0 fully saturated rings.